The molecule has 15 heteroatoms. The van der Waals surface area contributed by atoms with Gasteiger partial charge in [0.05, 0.1) is 53.0 Å². The van der Waals surface area contributed by atoms with Crippen LogP contribution in [0.15, 0.2) is 46.1 Å². The molecular weight excluding hydrogens is 797 g/mol. The summed E-state index contributed by atoms with van der Waals surface area (Å²) in [6.07, 6.45) is 5.32. The zero-order valence-electron chi connectivity index (χ0n) is 37.8. The molecule has 1 amide bonds. The fourth-order valence-corrected chi connectivity index (χ4v) is 9.41. The second-order valence-corrected chi connectivity index (χ2v) is 18.4. The lowest BCUT2D eigenvalue weighted by Gasteiger charge is -2.40. The zero-order valence-corrected chi connectivity index (χ0v) is 37.8. The number of methoxy groups -OCH3 is 1. The second-order valence-electron chi connectivity index (χ2n) is 18.4. The number of phenols is 2. The molecule has 15 nitrogen and oxygen atoms in total. The monoisotopic (exact) mass is 860 g/mol. The number of aromatic hydroxyl groups is 2. The highest BCUT2D eigenvalue weighted by atomic mass is 16.7. The number of fused-ring (bicyclic) bond motifs is 1. The van der Waals surface area contributed by atoms with E-state index in [4.69, 9.17) is 28.9 Å². The maximum Gasteiger partial charge on any atom is 0.312 e. The Balaban J connectivity index is 1.55. The highest BCUT2D eigenvalue weighted by Gasteiger charge is 2.50. The third-order valence-corrected chi connectivity index (χ3v) is 13.3. The average molecular weight is 861 g/mol. The van der Waals surface area contributed by atoms with Crippen molar-refractivity contribution in [2.24, 2.45) is 39.6 Å². The van der Waals surface area contributed by atoms with E-state index in [1.165, 1.54) is 27.2 Å². The number of esters is 1. The van der Waals surface area contributed by atoms with Crippen LogP contribution in [0.2, 0.25) is 0 Å². The van der Waals surface area contributed by atoms with Gasteiger partial charge in [-0.2, -0.15) is 0 Å². The van der Waals surface area contributed by atoms with Crippen LogP contribution in [0.3, 0.4) is 0 Å². The lowest BCUT2D eigenvalue weighted by atomic mass is 9.78. The summed E-state index contributed by atoms with van der Waals surface area (Å²) < 4.78 is 24.1. The first-order valence-electron chi connectivity index (χ1n) is 21.7. The molecule has 62 heavy (non-hydrogen) atoms. The normalized spacial score (nSPS) is 32.5. The number of anilines is 1. The smallest absolute Gasteiger partial charge is 0.312 e. The molecule has 2 aromatic carbocycles. The Morgan fingerprint density at radius 1 is 0.984 bits per heavy atom. The molecule has 4 aliphatic rings. The van der Waals surface area contributed by atoms with Crippen LogP contribution in [0.5, 0.6) is 17.2 Å². The van der Waals surface area contributed by atoms with Crippen molar-refractivity contribution in [1.82, 2.24) is 4.90 Å². The molecule has 0 aromatic heterocycles. The van der Waals surface area contributed by atoms with Crippen LogP contribution in [0.4, 0.5) is 5.69 Å². The molecule has 9 atom stereocenters. The minimum Gasteiger partial charge on any atom is -0.507 e. The van der Waals surface area contributed by atoms with Crippen LogP contribution in [-0.2, 0) is 23.8 Å². The van der Waals surface area contributed by atoms with E-state index in [0.29, 0.717) is 18.8 Å². The third-order valence-electron chi connectivity index (χ3n) is 13.3. The first-order chi connectivity index (χ1) is 29.1. The Hall–Kier alpha value is -4.83. The molecule has 6 rings (SSSR count). The number of nitrogens with one attached hydrogen (secondary N) is 1. The van der Waals surface area contributed by atoms with E-state index in [0.717, 1.165) is 19.6 Å². The van der Waals surface area contributed by atoms with Gasteiger partial charge in [0.2, 0.25) is 0 Å². The highest BCUT2D eigenvalue weighted by molar-refractivity contribution is 6.19. The molecule has 1 spiro atoms. The lowest BCUT2D eigenvalue weighted by Crippen LogP contribution is -2.51. The lowest BCUT2D eigenvalue weighted by molar-refractivity contribution is -0.160. The van der Waals surface area contributed by atoms with Gasteiger partial charge in [-0.1, -0.05) is 59.8 Å². The average Bonchev–Trinajstić information content (AvgIpc) is 3.49. The van der Waals surface area contributed by atoms with Gasteiger partial charge in [0, 0.05) is 80.8 Å². The topological polar surface area (TPSA) is 209 Å². The van der Waals surface area contributed by atoms with Crippen LogP contribution in [0.25, 0.3) is 10.8 Å². The number of hydrogen-bond acceptors (Lipinski definition) is 14. The van der Waals surface area contributed by atoms with Crippen LogP contribution >= 0.6 is 0 Å². The fourth-order valence-electron chi connectivity index (χ4n) is 9.41. The summed E-state index contributed by atoms with van der Waals surface area (Å²) in [7, 11) is 1.47. The van der Waals surface area contributed by atoms with Crippen molar-refractivity contribution in [1.29, 1.82) is 0 Å². The number of ketones is 1. The Morgan fingerprint density at radius 2 is 1.66 bits per heavy atom. The number of Topliss-reactive ketones (excluding diaryl/α,β-unsaturated/α-hetero) is 1. The van der Waals surface area contributed by atoms with Crippen LogP contribution in [0, 0.1) is 36.5 Å². The Labute approximate surface area is 363 Å². The molecule has 0 radical (unpaired) electrons. The van der Waals surface area contributed by atoms with Crippen molar-refractivity contribution in [3.05, 3.63) is 58.0 Å². The molecule has 2 aromatic rings. The fraction of sp³-hybridized carbons (Fsp3) is 0.596. The minimum absolute atomic E-state index is 0.0411. The van der Waals surface area contributed by atoms with E-state index in [1.807, 2.05) is 0 Å². The molecule has 0 saturated carbocycles. The number of likely N-dealkylation sites (tertiary alicyclic amines) is 1. The van der Waals surface area contributed by atoms with E-state index in [2.05, 4.69) is 24.1 Å². The van der Waals surface area contributed by atoms with Gasteiger partial charge in [-0.25, -0.2) is 0 Å². The number of carbonyl (C=O) groups is 3. The van der Waals surface area contributed by atoms with Gasteiger partial charge in [-0.15, -0.1) is 0 Å². The van der Waals surface area contributed by atoms with Crippen LogP contribution < -0.4 is 20.8 Å². The van der Waals surface area contributed by atoms with Gasteiger partial charge in [0.1, 0.15) is 28.6 Å². The van der Waals surface area contributed by atoms with Gasteiger partial charge < -0.3 is 49.6 Å². The summed E-state index contributed by atoms with van der Waals surface area (Å²) in [4.78, 5) is 53.9. The number of rotatable bonds is 4. The second kappa shape index (κ2) is 18.1. The van der Waals surface area contributed by atoms with E-state index in [9.17, 15) is 34.8 Å². The minimum atomic E-state index is -1.96. The quantitative estimate of drug-likeness (QED) is 0.208. The van der Waals surface area contributed by atoms with Crippen molar-refractivity contribution >= 4 is 34.1 Å². The van der Waals surface area contributed by atoms with Crippen molar-refractivity contribution in [2.75, 3.05) is 38.6 Å². The number of piperidine rings is 1. The van der Waals surface area contributed by atoms with Gasteiger partial charge >= 0.3 is 11.8 Å². The molecule has 0 aliphatic carbocycles. The van der Waals surface area contributed by atoms with Gasteiger partial charge in [-0.05, 0) is 38.7 Å². The Bertz CT molecular complexity index is 2310. The molecule has 338 valence electrons. The standard InChI is InChI=1S/C47H64N4O11/c1-23(2)21-51-18-16-47(17-19-51)22-48-36-35(50-47)32-33-40(55)29(8)43-34(32)44(57)46(10,62-43)60-20-15-31(59-11)26(5)42(61-30(9)52)28(7)39(54)27(6)38(53)24(3)13-12-14-25(4)45(58)49-37(36)41(33)56/h12-15,20,23-24,26-28,31,38-39,42,53-56H,16-19,21-22H2,1-11H3,(H,49,58)/b13-12-,20-15-,25-14+/t24-,26?,27+,28+,31-,38-,39+,42-,46-/m0/s1. The predicted molar refractivity (Wildman–Crippen MR) is 233 cm³/mol. The molecule has 4 bridgehead atoms. The van der Waals surface area contributed by atoms with E-state index in [1.54, 1.807) is 65.8 Å². The SMILES string of the molecule is CO[C@H]1/C=C\O[C@@]2(C)Oc3c(C)c(O)c4c(O)c(c5c(c4c3C2=O)=NC2(CCN(CC(C)C)CC2)CN=5)NC(=O)/C(C)=C/C=C\[C@H](C)[C@H](O)[C@@H](C)[C@@H](O)[C@@H](C)[C@@H](OC(C)=O)C1C. The van der Waals surface area contributed by atoms with Gasteiger partial charge in [0.15, 0.2) is 5.75 Å². The van der Waals surface area contributed by atoms with Crippen molar-refractivity contribution in [3.8, 4) is 17.2 Å². The molecule has 1 unspecified atom stereocenters. The van der Waals surface area contributed by atoms with Gasteiger partial charge in [0.25, 0.3) is 11.7 Å². The number of nitrogens with zero attached hydrogens (tertiary/aromatic N) is 3. The number of amides is 1. The number of phenolic OH excluding ortho intramolecular Hbond substituents is 2. The summed E-state index contributed by atoms with van der Waals surface area (Å²) in [5.74, 6) is -6.41. The number of aliphatic hydroxyl groups excluding tert-OH is 2. The maximum absolute atomic E-state index is 14.8. The van der Waals surface area contributed by atoms with Crippen LogP contribution in [-0.4, -0.2) is 112 Å². The first-order valence-corrected chi connectivity index (χ1v) is 21.7. The zero-order chi connectivity index (χ0) is 45.6. The van der Waals surface area contributed by atoms with Crippen molar-refractivity contribution in [3.63, 3.8) is 0 Å². The highest BCUT2D eigenvalue weighted by Crippen LogP contribution is 2.49. The first kappa shape index (κ1) is 46.7. The number of ether oxygens (including phenoxy) is 4. The Morgan fingerprint density at radius 3 is 2.29 bits per heavy atom. The molecule has 4 aliphatic heterocycles. The number of allylic oxidation sites excluding steroid dienone is 2. The summed E-state index contributed by atoms with van der Waals surface area (Å²) in [6, 6.07) is 0. The molecular formula is C47H64N4O11. The largest absolute Gasteiger partial charge is 0.507 e. The summed E-state index contributed by atoms with van der Waals surface area (Å²) in [5.41, 5.74) is -0.255. The van der Waals surface area contributed by atoms with Crippen molar-refractivity contribution < 1.29 is 53.8 Å². The summed E-state index contributed by atoms with van der Waals surface area (Å²) in [6.45, 7) is 20.0. The molecule has 5 N–H and O–H groups in total. The molecule has 1 fully saturated rings. The number of aliphatic hydroxyl groups is 2. The van der Waals surface area contributed by atoms with Crippen LogP contribution in [0.1, 0.15) is 91.1 Å². The summed E-state index contributed by atoms with van der Waals surface area (Å²) in [5, 5.41) is 50.2. The predicted octanol–water partition coefficient (Wildman–Crippen LogP) is 4.79. The number of benzene rings is 2. The molecule has 4 heterocycles. The third kappa shape index (κ3) is 8.73. The summed E-state index contributed by atoms with van der Waals surface area (Å²) >= 11 is 0. The van der Waals surface area contributed by atoms with E-state index < -0.39 is 82.8 Å². The number of hydrogen-bond donors (Lipinski definition) is 5. The van der Waals surface area contributed by atoms with Crippen molar-refractivity contribution in [2.45, 2.75) is 118 Å². The van der Waals surface area contributed by atoms with Gasteiger partial charge in [-0.3, -0.25) is 24.4 Å². The number of carbonyl (C=O) groups excluding carboxylic acids is 3. The Kier molecular flexibility index (Phi) is 13.6. The van der Waals surface area contributed by atoms with E-state index in [-0.39, 0.29) is 61.9 Å². The molecule has 1 saturated heterocycles. The van der Waals surface area contributed by atoms with E-state index >= 15 is 0 Å². The maximum atomic E-state index is 14.8.